The Hall–Kier alpha value is -0.980. The predicted octanol–water partition coefficient (Wildman–Crippen LogP) is 0.265. The summed E-state index contributed by atoms with van der Waals surface area (Å²) in [6.45, 7) is 1.15. The molecule has 0 aliphatic heterocycles. The van der Waals surface area contributed by atoms with Crippen molar-refractivity contribution < 1.29 is 17.7 Å². The van der Waals surface area contributed by atoms with Gasteiger partial charge < -0.3 is 5.11 Å². The molecule has 0 fully saturated rings. The summed E-state index contributed by atoms with van der Waals surface area (Å²) in [6, 6.07) is 3.31. The van der Waals surface area contributed by atoms with E-state index >= 15 is 0 Å². The molecule has 15 heavy (non-hydrogen) atoms. The molecule has 0 aliphatic carbocycles. The molecule has 1 atom stereocenters. The molecule has 0 saturated carbocycles. The number of aromatic nitrogens is 1. The van der Waals surface area contributed by atoms with Gasteiger partial charge in [-0.15, -0.1) is 0 Å². The van der Waals surface area contributed by atoms with Gasteiger partial charge in [-0.05, 0) is 13.0 Å². The Balaban J connectivity index is 2.76. The van der Waals surface area contributed by atoms with E-state index in [4.69, 9.17) is 0 Å². The zero-order valence-electron chi connectivity index (χ0n) is 8.54. The van der Waals surface area contributed by atoms with Gasteiger partial charge in [0, 0.05) is 18.0 Å². The predicted molar refractivity (Wildman–Crippen MR) is 54.6 cm³/mol. The SMILES string of the molecule is C[C@](O)(COS(C)(=O)=O)c1cccnc1. The molecule has 1 heterocycles. The van der Waals surface area contributed by atoms with Crippen LogP contribution in [0, 0.1) is 0 Å². The Bertz CT molecular complexity index is 413. The monoisotopic (exact) mass is 231 g/mol. The smallest absolute Gasteiger partial charge is 0.264 e. The second-order valence-electron chi connectivity index (χ2n) is 3.48. The van der Waals surface area contributed by atoms with Gasteiger partial charge in [-0.3, -0.25) is 9.17 Å². The van der Waals surface area contributed by atoms with Gasteiger partial charge in [-0.2, -0.15) is 8.42 Å². The molecule has 0 spiro atoms. The average molecular weight is 231 g/mol. The summed E-state index contributed by atoms with van der Waals surface area (Å²) in [5.74, 6) is 0. The first-order valence-corrected chi connectivity index (χ1v) is 6.10. The van der Waals surface area contributed by atoms with Crippen molar-refractivity contribution in [3.63, 3.8) is 0 Å². The maximum Gasteiger partial charge on any atom is 0.264 e. The maximum atomic E-state index is 10.8. The van der Waals surface area contributed by atoms with Crippen LogP contribution in [0.25, 0.3) is 0 Å². The van der Waals surface area contributed by atoms with E-state index in [0.717, 1.165) is 6.26 Å². The molecule has 0 saturated heterocycles. The van der Waals surface area contributed by atoms with Crippen LogP contribution < -0.4 is 0 Å². The van der Waals surface area contributed by atoms with Gasteiger partial charge in [0.2, 0.25) is 0 Å². The average Bonchev–Trinajstić information content (AvgIpc) is 2.16. The van der Waals surface area contributed by atoms with Crippen molar-refractivity contribution >= 4 is 10.1 Å². The fourth-order valence-electron chi connectivity index (χ4n) is 0.986. The Labute approximate surface area is 88.9 Å². The van der Waals surface area contributed by atoms with Crippen molar-refractivity contribution in [2.24, 2.45) is 0 Å². The number of hydrogen-bond donors (Lipinski definition) is 1. The molecule has 0 unspecified atom stereocenters. The van der Waals surface area contributed by atoms with E-state index in [9.17, 15) is 13.5 Å². The zero-order valence-corrected chi connectivity index (χ0v) is 9.36. The summed E-state index contributed by atoms with van der Waals surface area (Å²) in [6.07, 6.45) is 3.97. The van der Waals surface area contributed by atoms with Crippen LogP contribution >= 0.6 is 0 Å². The molecule has 0 radical (unpaired) electrons. The van der Waals surface area contributed by atoms with Crippen molar-refractivity contribution in [2.45, 2.75) is 12.5 Å². The summed E-state index contributed by atoms with van der Waals surface area (Å²) >= 11 is 0. The lowest BCUT2D eigenvalue weighted by Gasteiger charge is -2.22. The molecule has 0 aromatic carbocycles. The topological polar surface area (TPSA) is 76.5 Å². The van der Waals surface area contributed by atoms with Gasteiger partial charge in [0.25, 0.3) is 10.1 Å². The number of nitrogens with zero attached hydrogens (tertiary/aromatic N) is 1. The van der Waals surface area contributed by atoms with Crippen molar-refractivity contribution in [2.75, 3.05) is 12.9 Å². The molecular formula is C9H13NO4S. The first kappa shape index (κ1) is 12.1. The van der Waals surface area contributed by atoms with Gasteiger partial charge in [-0.25, -0.2) is 0 Å². The van der Waals surface area contributed by atoms with Crippen LogP contribution in [-0.2, 0) is 19.9 Å². The van der Waals surface area contributed by atoms with E-state index < -0.39 is 15.7 Å². The summed E-state index contributed by atoms with van der Waals surface area (Å²) in [4.78, 5) is 3.83. The number of hydrogen-bond acceptors (Lipinski definition) is 5. The quantitative estimate of drug-likeness (QED) is 0.752. The minimum atomic E-state index is -3.55. The summed E-state index contributed by atoms with van der Waals surface area (Å²) < 4.78 is 26.1. The van der Waals surface area contributed by atoms with E-state index in [1.807, 2.05) is 0 Å². The molecule has 0 amide bonds. The van der Waals surface area contributed by atoms with E-state index in [2.05, 4.69) is 9.17 Å². The number of pyridine rings is 1. The van der Waals surface area contributed by atoms with Crippen LogP contribution in [-0.4, -0.2) is 31.4 Å². The molecule has 84 valence electrons. The minimum Gasteiger partial charge on any atom is -0.383 e. The Morgan fingerprint density at radius 2 is 2.27 bits per heavy atom. The van der Waals surface area contributed by atoms with Gasteiger partial charge >= 0.3 is 0 Å². The first-order valence-electron chi connectivity index (χ1n) is 4.28. The van der Waals surface area contributed by atoms with E-state index in [0.29, 0.717) is 5.56 Å². The lowest BCUT2D eigenvalue weighted by Crippen LogP contribution is -2.29. The van der Waals surface area contributed by atoms with Crippen molar-refractivity contribution in [1.29, 1.82) is 0 Å². The molecule has 1 aromatic heterocycles. The third kappa shape index (κ3) is 3.94. The van der Waals surface area contributed by atoms with Crippen LogP contribution in [0.3, 0.4) is 0 Å². The normalized spacial score (nSPS) is 15.9. The third-order valence-corrected chi connectivity index (χ3v) is 2.38. The highest BCUT2D eigenvalue weighted by Gasteiger charge is 2.25. The zero-order chi connectivity index (χ0) is 11.5. The highest BCUT2D eigenvalue weighted by Crippen LogP contribution is 2.20. The Morgan fingerprint density at radius 1 is 1.60 bits per heavy atom. The molecule has 1 rings (SSSR count). The van der Waals surface area contributed by atoms with E-state index in [-0.39, 0.29) is 6.61 Å². The second-order valence-corrected chi connectivity index (χ2v) is 5.13. The highest BCUT2D eigenvalue weighted by atomic mass is 32.2. The van der Waals surface area contributed by atoms with Gasteiger partial charge in [0.05, 0.1) is 12.9 Å². The summed E-state index contributed by atoms with van der Waals surface area (Å²) in [5, 5.41) is 9.92. The first-order chi connectivity index (χ1) is 6.81. The van der Waals surface area contributed by atoms with Gasteiger partial charge in [0.15, 0.2) is 0 Å². The molecule has 1 aromatic rings. The molecule has 6 heteroatoms. The van der Waals surface area contributed by atoms with Crippen molar-refractivity contribution in [3.05, 3.63) is 30.1 Å². The molecule has 1 N–H and O–H groups in total. The van der Waals surface area contributed by atoms with Crippen LogP contribution in [0.15, 0.2) is 24.5 Å². The Morgan fingerprint density at radius 3 is 2.73 bits per heavy atom. The highest BCUT2D eigenvalue weighted by molar-refractivity contribution is 7.85. The molecule has 0 aliphatic rings. The lowest BCUT2D eigenvalue weighted by molar-refractivity contribution is 0.00979. The largest absolute Gasteiger partial charge is 0.383 e. The van der Waals surface area contributed by atoms with Crippen LogP contribution in [0.2, 0.25) is 0 Å². The fraction of sp³-hybridized carbons (Fsp3) is 0.444. The summed E-state index contributed by atoms with van der Waals surface area (Å²) in [7, 11) is -3.55. The van der Waals surface area contributed by atoms with Crippen molar-refractivity contribution in [3.8, 4) is 0 Å². The van der Waals surface area contributed by atoms with Crippen LogP contribution in [0.1, 0.15) is 12.5 Å². The van der Waals surface area contributed by atoms with Gasteiger partial charge in [-0.1, -0.05) is 6.07 Å². The van der Waals surface area contributed by atoms with Gasteiger partial charge in [0.1, 0.15) is 5.60 Å². The fourth-order valence-corrected chi connectivity index (χ4v) is 1.43. The van der Waals surface area contributed by atoms with Crippen molar-refractivity contribution in [1.82, 2.24) is 4.98 Å². The van der Waals surface area contributed by atoms with Crippen LogP contribution in [0.4, 0.5) is 0 Å². The third-order valence-electron chi connectivity index (χ3n) is 1.84. The standard InChI is InChI=1S/C9H13NO4S/c1-9(11,7-14-15(2,12)13)8-4-3-5-10-6-8/h3-6,11H,7H2,1-2H3/t9-/m0/s1. The summed E-state index contributed by atoms with van der Waals surface area (Å²) in [5.41, 5.74) is -0.856. The van der Waals surface area contributed by atoms with E-state index in [1.165, 1.54) is 13.1 Å². The maximum absolute atomic E-state index is 10.8. The van der Waals surface area contributed by atoms with E-state index in [1.54, 1.807) is 18.3 Å². The number of rotatable bonds is 4. The van der Waals surface area contributed by atoms with Crippen LogP contribution in [0.5, 0.6) is 0 Å². The number of aliphatic hydroxyl groups is 1. The second kappa shape index (κ2) is 4.26. The Kier molecular flexibility index (Phi) is 3.43. The minimum absolute atomic E-state index is 0.322. The molecule has 5 nitrogen and oxygen atoms in total. The molecular weight excluding hydrogens is 218 g/mol. The lowest BCUT2D eigenvalue weighted by atomic mass is 9.99. The molecule has 0 bridgehead atoms.